The van der Waals surface area contributed by atoms with Crippen LogP contribution in [0.4, 0.5) is 0 Å². The first kappa shape index (κ1) is 37.4. The van der Waals surface area contributed by atoms with Crippen LogP contribution in [0.3, 0.4) is 0 Å². The molecule has 1 fully saturated rings. The van der Waals surface area contributed by atoms with Crippen molar-refractivity contribution < 1.29 is 33.4 Å². The number of nitrogens with one attached hydrogen (secondary N) is 4. The number of hydrogen-bond acceptors (Lipinski definition) is 7. The average molecular weight is 678 g/mol. The molecule has 49 heavy (non-hydrogen) atoms. The third-order valence-electron chi connectivity index (χ3n) is 9.39. The van der Waals surface area contributed by atoms with E-state index in [1.807, 2.05) is 43.0 Å². The Morgan fingerprint density at radius 2 is 1.61 bits per heavy atom. The van der Waals surface area contributed by atoms with Crippen molar-refractivity contribution in [3.63, 3.8) is 0 Å². The molecule has 4 atom stereocenters. The van der Waals surface area contributed by atoms with Crippen molar-refractivity contribution in [1.29, 1.82) is 0 Å². The molecule has 2 aromatic carbocycles. The maximum Gasteiger partial charge on any atom is 0.251 e. The summed E-state index contributed by atoms with van der Waals surface area (Å²) in [5.41, 5.74) is 2.04. The Bertz CT molecular complexity index is 1430. The lowest BCUT2D eigenvalue weighted by Crippen LogP contribution is -2.58. The van der Waals surface area contributed by atoms with Crippen LogP contribution in [0.5, 0.6) is 5.75 Å². The molecule has 1 unspecified atom stereocenters. The maximum absolute atomic E-state index is 13.8. The van der Waals surface area contributed by atoms with Gasteiger partial charge in [0.15, 0.2) is 0 Å². The Morgan fingerprint density at radius 3 is 2.27 bits per heavy atom. The third kappa shape index (κ3) is 10.8. The van der Waals surface area contributed by atoms with E-state index in [1.54, 1.807) is 38.3 Å². The molecule has 2 bridgehead atoms. The van der Waals surface area contributed by atoms with Crippen molar-refractivity contribution in [2.75, 3.05) is 33.4 Å². The van der Waals surface area contributed by atoms with Gasteiger partial charge in [-0.2, -0.15) is 0 Å². The van der Waals surface area contributed by atoms with E-state index < -0.39 is 35.8 Å². The molecule has 5 amide bonds. The van der Waals surface area contributed by atoms with Crippen molar-refractivity contribution in [2.45, 2.75) is 84.0 Å². The van der Waals surface area contributed by atoms with E-state index in [4.69, 9.17) is 9.47 Å². The van der Waals surface area contributed by atoms with Gasteiger partial charge < -0.3 is 35.6 Å². The summed E-state index contributed by atoms with van der Waals surface area (Å²) in [4.78, 5) is 69.3. The van der Waals surface area contributed by atoms with Gasteiger partial charge in [-0.25, -0.2) is 0 Å². The van der Waals surface area contributed by atoms with Gasteiger partial charge in [0, 0.05) is 50.8 Å². The average Bonchev–Trinajstić information content (AvgIpc) is 3.12. The van der Waals surface area contributed by atoms with E-state index in [0.29, 0.717) is 76.3 Å². The summed E-state index contributed by atoms with van der Waals surface area (Å²) < 4.78 is 10.7. The standard InChI is InChI=1S/C37H51N5O7/c1-5-24(2)32-36(46)40-31(22-26-10-14-30(48-4)15-11-26)35(45)39-25(3)33(43)38-18-6-7-19-42(37(47)29-16-20-49-21-17-29)23-27-8-12-28(13-9-27)34(44)41-32/h8-15,24-25,29,31-32H,5-7,16-23H2,1-4H3,(H,38,43)(H,39,45)(H,40,46)(H,41,44)/t24-,25+,31-,32?/m0/s1. The maximum atomic E-state index is 13.8. The fourth-order valence-corrected chi connectivity index (χ4v) is 6.02. The number of hydrogen-bond donors (Lipinski definition) is 4. The van der Waals surface area contributed by atoms with Crippen LogP contribution < -0.4 is 26.0 Å². The number of ether oxygens (including phenoxy) is 2. The van der Waals surface area contributed by atoms with Gasteiger partial charge in [-0.3, -0.25) is 24.0 Å². The van der Waals surface area contributed by atoms with Gasteiger partial charge in [0.1, 0.15) is 23.9 Å². The second-order valence-electron chi connectivity index (χ2n) is 13.0. The minimum atomic E-state index is -1.02. The van der Waals surface area contributed by atoms with E-state index in [0.717, 1.165) is 11.1 Å². The Balaban J connectivity index is 1.59. The summed E-state index contributed by atoms with van der Waals surface area (Å²) in [6, 6.07) is 11.4. The Labute approximate surface area is 289 Å². The largest absolute Gasteiger partial charge is 0.497 e. The molecule has 266 valence electrons. The SMILES string of the molecule is CC[C@H](C)C1NC(=O)c2ccc(cc2)CN(C(=O)C2CCOCC2)CCCCNC(=O)[C@@H](C)NC(=O)[C@H](Cc2ccc(OC)cc2)NC1=O. The number of fused-ring (bicyclic) bond motifs is 18. The molecule has 12 heteroatoms. The summed E-state index contributed by atoms with van der Waals surface area (Å²) >= 11 is 0. The first-order valence-corrected chi connectivity index (χ1v) is 17.4. The monoisotopic (exact) mass is 677 g/mol. The highest BCUT2D eigenvalue weighted by Gasteiger charge is 2.32. The number of amides is 5. The van der Waals surface area contributed by atoms with Crippen molar-refractivity contribution in [3.05, 3.63) is 65.2 Å². The Morgan fingerprint density at radius 1 is 0.918 bits per heavy atom. The van der Waals surface area contributed by atoms with Gasteiger partial charge in [-0.1, -0.05) is 44.5 Å². The van der Waals surface area contributed by atoms with Crippen molar-refractivity contribution in [2.24, 2.45) is 11.8 Å². The van der Waals surface area contributed by atoms with Crippen LogP contribution in [0.25, 0.3) is 0 Å². The Hall–Kier alpha value is -4.45. The molecule has 0 spiro atoms. The zero-order valence-corrected chi connectivity index (χ0v) is 29.1. The smallest absolute Gasteiger partial charge is 0.251 e. The number of carbonyl (C=O) groups is 5. The highest BCUT2D eigenvalue weighted by atomic mass is 16.5. The van der Waals surface area contributed by atoms with E-state index >= 15 is 0 Å². The molecule has 3 aliphatic heterocycles. The molecular weight excluding hydrogens is 626 g/mol. The van der Waals surface area contributed by atoms with Crippen LogP contribution in [0.15, 0.2) is 48.5 Å². The van der Waals surface area contributed by atoms with Crippen molar-refractivity contribution in [1.82, 2.24) is 26.2 Å². The quantitative estimate of drug-likeness (QED) is 0.343. The molecule has 1 saturated heterocycles. The van der Waals surface area contributed by atoms with E-state index in [1.165, 1.54) is 0 Å². The second-order valence-corrected chi connectivity index (χ2v) is 13.0. The van der Waals surface area contributed by atoms with Crippen LogP contribution in [0.1, 0.15) is 74.4 Å². The first-order valence-electron chi connectivity index (χ1n) is 17.4. The summed E-state index contributed by atoms with van der Waals surface area (Å²) in [5, 5.41) is 11.4. The van der Waals surface area contributed by atoms with E-state index in [2.05, 4.69) is 21.3 Å². The van der Waals surface area contributed by atoms with Gasteiger partial charge in [-0.15, -0.1) is 0 Å². The summed E-state index contributed by atoms with van der Waals surface area (Å²) in [6.45, 7) is 7.79. The lowest BCUT2D eigenvalue weighted by molar-refractivity contribution is -0.139. The molecule has 3 heterocycles. The molecule has 3 aliphatic rings. The minimum Gasteiger partial charge on any atom is -0.497 e. The summed E-state index contributed by atoms with van der Waals surface area (Å²) in [6.07, 6.45) is 3.42. The highest BCUT2D eigenvalue weighted by molar-refractivity contribution is 5.99. The molecule has 4 N–H and O–H groups in total. The zero-order valence-electron chi connectivity index (χ0n) is 29.1. The van der Waals surface area contributed by atoms with Gasteiger partial charge in [0.25, 0.3) is 5.91 Å². The van der Waals surface area contributed by atoms with Gasteiger partial charge in [0.2, 0.25) is 23.6 Å². The third-order valence-corrected chi connectivity index (χ3v) is 9.39. The van der Waals surface area contributed by atoms with Crippen LogP contribution in [-0.2, 0) is 36.9 Å². The van der Waals surface area contributed by atoms with Gasteiger partial charge >= 0.3 is 0 Å². The summed E-state index contributed by atoms with van der Waals surface area (Å²) in [5.74, 6) is -1.42. The fraction of sp³-hybridized carbons (Fsp3) is 0.541. The molecule has 2 aromatic rings. The van der Waals surface area contributed by atoms with Crippen molar-refractivity contribution in [3.8, 4) is 5.75 Å². The molecule has 5 rings (SSSR count). The number of nitrogens with zero attached hydrogens (tertiary/aromatic N) is 1. The molecule has 0 saturated carbocycles. The second kappa shape index (κ2) is 18.4. The minimum absolute atomic E-state index is 0.0792. The van der Waals surface area contributed by atoms with Crippen LogP contribution in [0, 0.1) is 11.8 Å². The number of benzene rings is 2. The van der Waals surface area contributed by atoms with Crippen LogP contribution >= 0.6 is 0 Å². The number of methoxy groups -OCH3 is 1. The van der Waals surface area contributed by atoms with Crippen molar-refractivity contribution >= 4 is 29.5 Å². The number of carbonyl (C=O) groups excluding carboxylic acids is 5. The van der Waals surface area contributed by atoms with Gasteiger partial charge in [0.05, 0.1) is 7.11 Å². The fourth-order valence-electron chi connectivity index (χ4n) is 6.02. The first-order chi connectivity index (χ1) is 23.6. The molecule has 0 aliphatic carbocycles. The van der Waals surface area contributed by atoms with E-state index in [-0.39, 0.29) is 30.1 Å². The predicted molar refractivity (Wildman–Crippen MR) is 185 cm³/mol. The lowest BCUT2D eigenvalue weighted by atomic mass is 9.96. The van der Waals surface area contributed by atoms with Crippen LogP contribution in [-0.4, -0.2) is 86.0 Å². The molecule has 12 nitrogen and oxygen atoms in total. The highest BCUT2D eigenvalue weighted by Crippen LogP contribution is 2.20. The normalized spacial score (nSPS) is 22.9. The van der Waals surface area contributed by atoms with Crippen LogP contribution in [0.2, 0.25) is 0 Å². The van der Waals surface area contributed by atoms with E-state index in [9.17, 15) is 24.0 Å². The summed E-state index contributed by atoms with van der Waals surface area (Å²) in [7, 11) is 1.56. The molecular formula is C37H51N5O7. The van der Waals surface area contributed by atoms with Gasteiger partial charge in [-0.05, 0) is 73.9 Å². The Kier molecular flexibility index (Phi) is 14.0. The number of rotatable bonds is 6. The lowest BCUT2D eigenvalue weighted by Gasteiger charge is -2.29. The predicted octanol–water partition coefficient (Wildman–Crippen LogP) is 2.74. The topological polar surface area (TPSA) is 155 Å². The molecule has 0 radical (unpaired) electrons. The zero-order chi connectivity index (χ0) is 35.3. The molecule has 0 aromatic heterocycles.